The van der Waals surface area contributed by atoms with Crippen molar-refractivity contribution >= 4 is 17.5 Å². The molecule has 2 saturated carbocycles. The Morgan fingerprint density at radius 3 is 2.32 bits per heavy atom. The molecule has 28 heavy (non-hydrogen) atoms. The van der Waals surface area contributed by atoms with Crippen LogP contribution in [0.4, 0.5) is 0 Å². The highest BCUT2D eigenvalue weighted by atomic mass is 35.5. The molecule has 4 rings (SSSR count). The summed E-state index contributed by atoms with van der Waals surface area (Å²) in [5, 5.41) is 10.3. The van der Waals surface area contributed by atoms with Crippen LogP contribution in [-0.2, 0) is 5.41 Å². The Kier molecular flexibility index (Phi) is 5.70. The van der Waals surface area contributed by atoms with Gasteiger partial charge >= 0.3 is 0 Å². The van der Waals surface area contributed by atoms with Crippen LogP contribution in [0.3, 0.4) is 0 Å². The second-order valence-electron chi connectivity index (χ2n) is 8.15. The van der Waals surface area contributed by atoms with Crippen LogP contribution in [0.5, 0.6) is 0 Å². The zero-order chi connectivity index (χ0) is 19.6. The monoisotopic (exact) mass is 398 g/mol. The van der Waals surface area contributed by atoms with Crippen molar-refractivity contribution in [1.29, 1.82) is 0 Å². The quantitative estimate of drug-likeness (QED) is 0.773. The number of nitrogens with zero attached hydrogens (tertiary/aromatic N) is 2. The van der Waals surface area contributed by atoms with Gasteiger partial charge in [0.1, 0.15) is 0 Å². The van der Waals surface area contributed by atoms with Crippen LogP contribution in [0.1, 0.15) is 61.0 Å². The summed E-state index contributed by atoms with van der Waals surface area (Å²) in [5.74, 6) is 0.122. The first-order chi connectivity index (χ1) is 13.6. The molecule has 1 N–H and O–H groups in total. The number of aromatic nitrogens is 1. The van der Waals surface area contributed by atoms with Crippen LogP contribution in [0.15, 0.2) is 48.7 Å². The zero-order valence-corrected chi connectivity index (χ0v) is 16.8. The molecule has 2 fully saturated rings. The average Bonchev–Trinajstić information content (AvgIpc) is 3.56. The van der Waals surface area contributed by atoms with Gasteiger partial charge < -0.3 is 10.0 Å². The summed E-state index contributed by atoms with van der Waals surface area (Å²) >= 11 is 5.99. The highest BCUT2D eigenvalue weighted by molar-refractivity contribution is 6.30. The fourth-order valence-electron chi connectivity index (χ4n) is 4.68. The molecule has 0 unspecified atom stereocenters. The number of aliphatic hydroxyl groups excluding tert-OH is 1. The average molecular weight is 399 g/mol. The summed E-state index contributed by atoms with van der Waals surface area (Å²) in [6.45, 7) is 0.164. The van der Waals surface area contributed by atoms with Gasteiger partial charge in [-0.25, -0.2) is 0 Å². The largest absolute Gasteiger partial charge is 0.396 e. The van der Waals surface area contributed by atoms with Gasteiger partial charge in [0.25, 0.3) is 5.91 Å². The SMILES string of the molecule is O=C(c1ccc(Cl)cc1)N(C1CC1)[C@H]1CC[C@](CCO)(c2ccccn2)CC1. The molecule has 2 aromatic rings. The third kappa shape index (κ3) is 3.94. The molecule has 2 aliphatic rings. The van der Waals surface area contributed by atoms with Gasteiger partial charge in [-0.3, -0.25) is 9.78 Å². The molecule has 2 aliphatic carbocycles. The lowest BCUT2D eigenvalue weighted by molar-refractivity contribution is 0.0548. The molecular formula is C23H27ClN2O2. The Morgan fingerprint density at radius 1 is 1.07 bits per heavy atom. The molecule has 1 aromatic carbocycles. The van der Waals surface area contributed by atoms with Gasteiger partial charge in [-0.2, -0.15) is 0 Å². The van der Waals surface area contributed by atoms with Crippen molar-refractivity contribution in [3.05, 3.63) is 64.9 Å². The smallest absolute Gasteiger partial charge is 0.254 e. The van der Waals surface area contributed by atoms with E-state index in [2.05, 4.69) is 16.0 Å². The molecule has 5 heteroatoms. The van der Waals surface area contributed by atoms with Gasteiger partial charge in [-0.1, -0.05) is 17.7 Å². The van der Waals surface area contributed by atoms with Gasteiger partial charge in [-0.05, 0) is 81.3 Å². The minimum Gasteiger partial charge on any atom is -0.396 e. The minimum absolute atomic E-state index is 0.0783. The Labute approximate surface area is 171 Å². The van der Waals surface area contributed by atoms with Crippen molar-refractivity contribution in [2.24, 2.45) is 0 Å². The topological polar surface area (TPSA) is 53.4 Å². The van der Waals surface area contributed by atoms with Gasteiger partial charge in [0.15, 0.2) is 0 Å². The maximum absolute atomic E-state index is 13.2. The molecule has 4 nitrogen and oxygen atoms in total. The number of aliphatic hydroxyl groups is 1. The summed E-state index contributed by atoms with van der Waals surface area (Å²) < 4.78 is 0. The Morgan fingerprint density at radius 2 is 1.75 bits per heavy atom. The normalized spacial score (nSPS) is 24.7. The van der Waals surface area contributed by atoms with E-state index in [1.165, 1.54) is 0 Å². The maximum Gasteiger partial charge on any atom is 0.254 e. The Balaban J connectivity index is 1.52. The van der Waals surface area contributed by atoms with Crippen LogP contribution in [0.2, 0.25) is 5.02 Å². The molecule has 0 radical (unpaired) electrons. The second kappa shape index (κ2) is 8.22. The number of carbonyl (C=O) groups is 1. The van der Waals surface area contributed by atoms with Crippen LogP contribution in [0.25, 0.3) is 0 Å². The van der Waals surface area contributed by atoms with E-state index >= 15 is 0 Å². The standard InChI is InChI=1S/C23H27ClN2O2/c24-18-6-4-17(5-7-18)22(28)26(19-8-9-19)20-10-12-23(13-11-20,14-16-27)21-3-1-2-15-25-21/h1-7,15,19-20,27H,8-14,16H2/t20-,23-. The van der Waals surface area contributed by atoms with E-state index in [0.29, 0.717) is 16.6 Å². The predicted molar refractivity (Wildman–Crippen MR) is 111 cm³/mol. The van der Waals surface area contributed by atoms with Gasteiger partial charge in [0, 0.05) is 46.6 Å². The second-order valence-corrected chi connectivity index (χ2v) is 8.59. The van der Waals surface area contributed by atoms with E-state index in [9.17, 15) is 9.90 Å². The van der Waals surface area contributed by atoms with Crippen molar-refractivity contribution in [1.82, 2.24) is 9.88 Å². The first-order valence-corrected chi connectivity index (χ1v) is 10.6. The number of hydrogen-bond donors (Lipinski definition) is 1. The predicted octanol–water partition coefficient (Wildman–Crippen LogP) is 4.60. The van der Waals surface area contributed by atoms with Crippen LogP contribution >= 0.6 is 11.6 Å². The fraction of sp³-hybridized carbons (Fsp3) is 0.478. The van der Waals surface area contributed by atoms with E-state index in [-0.39, 0.29) is 24.0 Å². The molecule has 148 valence electrons. The van der Waals surface area contributed by atoms with Gasteiger partial charge in [0.05, 0.1) is 0 Å². The summed E-state index contributed by atoms with van der Waals surface area (Å²) in [7, 11) is 0. The number of amides is 1. The lowest BCUT2D eigenvalue weighted by atomic mass is 9.68. The van der Waals surface area contributed by atoms with Crippen LogP contribution in [-0.4, -0.2) is 39.6 Å². The van der Waals surface area contributed by atoms with Crippen molar-refractivity contribution in [3.63, 3.8) is 0 Å². The third-order valence-electron chi connectivity index (χ3n) is 6.37. The highest BCUT2D eigenvalue weighted by Crippen LogP contribution is 2.44. The van der Waals surface area contributed by atoms with Crippen molar-refractivity contribution in [2.45, 2.75) is 62.4 Å². The van der Waals surface area contributed by atoms with Crippen LogP contribution in [0, 0.1) is 0 Å². The van der Waals surface area contributed by atoms with E-state index in [0.717, 1.165) is 50.6 Å². The summed E-state index contributed by atoms with van der Waals surface area (Å²) in [6, 6.07) is 13.9. The van der Waals surface area contributed by atoms with Gasteiger partial charge in [0.2, 0.25) is 0 Å². The molecular weight excluding hydrogens is 372 g/mol. The molecule has 0 atom stereocenters. The number of halogens is 1. The van der Waals surface area contributed by atoms with Gasteiger partial charge in [-0.15, -0.1) is 0 Å². The summed E-state index contributed by atoms with van der Waals surface area (Å²) in [6.07, 6.45) is 8.56. The lowest BCUT2D eigenvalue weighted by Crippen LogP contribution is -2.47. The first kappa shape index (κ1) is 19.4. The van der Waals surface area contributed by atoms with E-state index < -0.39 is 0 Å². The third-order valence-corrected chi connectivity index (χ3v) is 6.62. The molecule has 0 aliphatic heterocycles. The van der Waals surface area contributed by atoms with Crippen LogP contribution < -0.4 is 0 Å². The Bertz CT molecular complexity index is 797. The Hall–Kier alpha value is -1.91. The molecule has 1 amide bonds. The number of benzene rings is 1. The molecule has 0 spiro atoms. The number of pyridine rings is 1. The van der Waals surface area contributed by atoms with Crippen molar-refractivity contribution < 1.29 is 9.90 Å². The van der Waals surface area contributed by atoms with E-state index in [1.54, 1.807) is 12.1 Å². The van der Waals surface area contributed by atoms with Crippen molar-refractivity contribution in [2.75, 3.05) is 6.61 Å². The maximum atomic E-state index is 13.2. The minimum atomic E-state index is -0.0783. The fourth-order valence-corrected chi connectivity index (χ4v) is 4.81. The first-order valence-electron chi connectivity index (χ1n) is 10.2. The van der Waals surface area contributed by atoms with Crippen molar-refractivity contribution in [3.8, 4) is 0 Å². The van der Waals surface area contributed by atoms with E-state index in [1.807, 2.05) is 30.5 Å². The number of hydrogen-bond acceptors (Lipinski definition) is 3. The lowest BCUT2D eigenvalue weighted by Gasteiger charge is -2.43. The number of rotatable bonds is 6. The number of carbonyl (C=O) groups excluding carboxylic acids is 1. The summed E-state index contributed by atoms with van der Waals surface area (Å²) in [5.41, 5.74) is 1.71. The zero-order valence-electron chi connectivity index (χ0n) is 16.1. The molecule has 1 aromatic heterocycles. The summed E-state index contributed by atoms with van der Waals surface area (Å²) in [4.78, 5) is 20.0. The molecule has 1 heterocycles. The molecule has 0 bridgehead atoms. The molecule has 0 saturated heterocycles. The highest BCUT2D eigenvalue weighted by Gasteiger charge is 2.43. The van der Waals surface area contributed by atoms with E-state index in [4.69, 9.17) is 11.6 Å².